The largest absolute Gasteiger partial charge is 0.505 e. The lowest BCUT2D eigenvalue weighted by Gasteiger charge is -2.10. The molecule has 76 valence electrons. The lowest BCUT2D eigenvalue weighted by Crippen LogP contribution is -2.18. The molecule has 0 aromatic heterocycles. The molecule has 1 rings (SSSR count). The number of hydrogen-bond acceptors (Lipinski definition) is 3. The molecule has 1 aromatic rings. The van der Waals surface area contributed by atoms with Gasteiger partial charge in [-0.15, -0.1) is 0 Å². The number of hydrogen-bond donors (Lipinski definition) is 2. The Morgan fingerprint density at radius 3 is 2.21 bits per heavy atom. The monoisotopic (exact) mass is 233 g/mol. The van der Waals surface area contributed by atoms with Gasteiger partial charge < -0.3 is 10.8 Å². The van der Waals surface area contributed by atoms with Crippen LogP contribution in [0.25, 0.3) is 0 Å². The zero-order chi connectivity index (χ0) is 10.9. The summed E-state index contributed by atoms with van der Waals surface area (Å²) >= 11 is 11.3. The number of phenolic OH excluding ortho intramolecular Hbond substituents is 1. The van der Waals surface area contributed by atoms with Gasteiger partial charge >= 0.3 is 0 Å². The van der Waals surface area contributed by atoms with Gasteiger partial charge in [0.15, 0.2) is 11.5 Å². The fourth-order valence-corrected chi connectivity index (χ4v) is 1.50. The van der Waals surface area contributed by atoms with E-state index in [-0.39, 0.29) is 21.6 Å². The highest BCUT2D eigenvalue weighted by molar-refractivity contribution is 6.37. The Bertz CT molecular complexity index is 356. The summed E-state index contributed by atoms with van der Waals surface area (Å²) in [6, 6.07) is 2.09. The molecule has 0 aliphatic carbocycles. The van der Waals surface area contributed by atoms with Crippen molar-refractivity contribution in [2.45, 2.75) is 13.0 Å². The summed E-state index contributed by atoms with van der Waals surface area (Å²) in [4.78, 5) is 11.0. The minimum Gasteiger partial charge on any atom is -0.505 e. The van der Waals surface area contributed by atoms with Crippen molar-refractivity contribution in [3.8, 4) is 5.75 Å². The summed E-state index contributed by atoms with van der Waals surface area (Å²) in [6.07, 6.45) is 0. The number of phenols is 1. The quantitative estimate of drug-likeness (QED) is 0.825. The maximum Gasteiger partial charge on any atom is 0.152 e. The highest BCUT2D eigenvalue weighted by atomic mass is 35.5. The third-order valence-corrected chi connectivity index (χ3v) is 2.41. The van der Waals surface area contributed by atoms with Gasteiger partial charge in [-0.2, -0.15) is 0 Å². The molecule has 0 aliphatic heterocycles. The summed E-state index contributed by atoms with van der Waals surface area (Å²) in [5.74, 6) is -0.393. The van der Waals surface area contributed by atoms with Crippen LogP contribution in [0, 0.1) is 0 Å². The first-order valence-electron chi connectivity index (χ1n) is 3.87. The topological polar surface area (TPSA) is 63.3 Å². The second-order valence-corrected chi connectivity index (χ2v) is 3.74. The van der Waals surface area contributed by atoms with E-state index in [1.54, 1.807) is 0 Å². The number of Topliss-reactive ketones (excluding diaryl/α,β-unsaturated/α-hetero) is 1. The van der Waals surface area contributed by atoms with Crippen molar-refractivity contribution in [1.82, 2.24) is 0 Å². The first-order chi connectivity index (χ1) is 6.43. The molecule has 0 saturated carbocycles. The van der Waals surface area contributed by atoms with Crippen molar-refractivity contribution in [1.29, 1.82) is 0 Å². The number of carbonyl (C=O) groups is 1. The van der Waals surface area contributed by atoms with Crippen LogP contribution in [0.2, 0.25) is 10.0 Å². The first-order valence-corrected chi connectivity index (χ1v) is 4.63. The Kier molecular flexibility index (Phi) is 3.37. The molecule has 1 unspecified atom stereocenters. The molecule has 0 spiro atoms. The molecule has 0 fully saturated rings. The fourth-order valence-electron chi connectivity index (χ4n) is 0.999. The van der Waals surface area contributed by atoms with Crippen LogP contribution in [-0.4, -0.2) is 10.9 Å². The van der Waals surface area contributed by atoms with Gasteiger partial charge in [-0.1, -0.05) is 23.2 Å². The molecule has 3 N–H and O–H groups in total. The second kappa shape index (κ2) is 4.17. The van der Waals surface area contributed by atoms with E-state index in [0.717, 1.165) is 0 Å². The Morgan fingerprint density at radius 2 is 1.86 bits per heavy atom. The summed E-state index contributed by atoms with van der Waals surface area (Å²) < 4.78 is 0. The van der Waals surface area contributed by atoms with Gasteiger partial charge in [0.05, 0.1) is 16.1 Å². The van der Waals surface area contributed by atoms with Crippen molar-refractivity contribution < 1.29 is 9.90 Å². The molecule has 0 bridgehead atoms. The zero-order valence-corrected chi connectivity index (χ0v) is 8.93. The third-order valence-electron chi connectivity index (χ3n) is 1.84. The SMILES string of the molecule is CC(=O)C(N)c1cc(Cl)c(O)c(Cl)c1. The van der Waals surface area contributed by atoms with E-state index >= 15 is 0 Å². The standard InChI is InChI=1S/C9H9Cl2NO2/c1-4(13)8(12)5-2-6(10)9(14)7(11)3-5/h2-3,8,14H,12H2,1H3. The van der Waals surface area contributed by atoms with E-state index in [1.165, 1.54) is 19.1 Å². The van der Waals surface area contributed by atoms with E-state index in [0.29, 0.717) is 5.56 Å². The molecule has 0 amide bonds. The second-order valence-electron chi connectivity index (χ2n) is 2.92. The minimum atomic E-state index is -0.759. The Morgan fingerprint density at radius 1 is 1.43 bits per heavy atom. The normalized spacial score (nSPS) is 12.6. The highest BCUT2D eigenvalue weighted by Crippen LogP contribution is 2.34. The van der Waals surface area contributed by atoms with Gasteiger partial charge in [0.25, 0.3) is 0 Å². The minimum absolute atomic E-state index is 0.0872. The maximum absolute atomic E-state index is 11.0. The molecule has 1 aromatic carbocycles. The lowest BCUT2D eigenvalue weighted by molar-refractivity contribution is -0.118. The van der Waals surface area contributed by atoms with E-state index in [2.05, 4.69) is 0 Å². The van der Waals surface area contributed by atoms with E-state index in [9.17, 15) is 9.90 Å². The molecular formula is C9H9Cl2NO2. The predicted octanol–water partition coefficient (Wildman–Crippen LogP) is 2.29. The van der Waals surface area contributed by atoms with Crippen LogP contribution in [0.15, 0.2) is 12.1 Å². The fraction of sp³-hybridized carbons (Fsp3) is 0.222. The molecule has 0 radical (unpaired) electrons. The van der Waals surface area contributed by atoms with Crippen LogP contribution in [-0.2, 0) is 4.79 Å². The smallest absolute Gasteiger partial charge is 0.152 e. The van der Waals surface area contributed by atoms with Gasteiger partial charge in [0, 0.05) is 0 Å². The van der Waals surface area contributed by atoms with Crippen LogP contribution in [0.5, 0.6) is 5.75 Å². The number of nitrogens with two attached hydrogens (primary N) is 1. The molecule has 14 heavy (non-hydrogen) atoms. The van der Waals surface area contributed by atoms with Gasteiger partial charge in [0.2, 0.25) is 0 Å². The van der Waals surface area contributed by atoms with E-state index < -0.39 is 6.04 Å². The Labute approximate surface area is 91.4 Å². The number of benzene rings is 1. The highest BCUT2D eigenvalue weighted by Gasteiger charge is 2.15. The number of ketones is 1. The van der Waals surface area contributed by atoms with E-state index in [1.807, 2.05) is 0 Å². The lowest BCUT2D eigenvalue weighted by atomic mass is 10.0. The number of carbonyl (C=O) groups excluding carboxylic acids is 1. The van der Waals surface area contributed by atoms with Crippen LogP contribution < -0.4 is 5.73 Å². The van der Waals surface area contributed by atoms with Crippen LogP contribution in [0.1, 0.15) is 18.5 Å². The van der Waals surface area contributed by atoms with Crippen molar-refractivity contribution in [3.05, 3.63) is 27.7 Å². The van der Waals surface area contributed by atoms with Crippen LogP contribution in [0.4, 0.5) is 0 Å². The van der Waals surface area contributed by atoms with Gasteiger partial charge in [-0.25, -0.2) is 0 Å². The van der Waals surface area contributed by atoms with Crippen molar-refractivity contribution in [2.24, 2.45) is 5.73 Å². The molecule has 0 saturated heterocycles. The van der Waals surface area contributed by atoms with Crippen LogP contribution in [0.3, 0.4) is 0 Å². The van der Waals surface area contributed by atoms with Crippen LogP contribution >= 0.6 is 23.2 Å². The molecular weight excluding hydrogens is 225 g/mol. The average molecular weight is 234 g/mol. The average Bonchev–Trinajstić information content (AvgIpc) is 2.12. The van der Waals surface area contributed by atoms with Crippen molar-refractivity contribution >= 4 is 29.0 Å². The molecule has 5 heteroatoms. The zero-order valence-electron chi connectivity index (χ0n) is 7.42. The van der Waals surface area contributed by atoms with E-state index in [4.69, 9.17) is 28.9 Å². The number of rotatable bonds is 2. The first kappa shape index (κ1) is 11.3. The molecule has 3 nitrogen and oxygen atoms in total. The van der Waals surface area contributed by atoms with Crippen molar-refractivity contribution in [2.75, 3.05) is 0 Å². The molecule has 0 heterocycles. The number of halogens is 2. The predicted molar refractivity (Wildman–Crippen MR) is 55.7 cm³/mol. The molecule has 1 atom stereocenters. The third kappa shape index (κ3) is 2.18. The van der Waals surface area contributed by atoms with Gasteiger partial charge in [-0.3, -0.25) is 4.79 Å². The van der Waals surface area contributed by atoms with Gasteiger partial charge in [-0.05, 0) is 24.6 Å². The van der Waals surface area contributed by atoms with Crippen molar-refractivity contribution in [3.63, 3.8) is 0 Å². The summed E-state index contributed by atoms with van der Waals surface area (Å²) in [5.41, 5.74) is 6.07. The van der Waals surface area contributed by atoms with Gasteiger partial charge in [0.1, 0.15) is 0 Å². The summed E-state index contributed by atoms with van der Waals surface area (Å²) in [6.45, 7) is 1.37. The Balaban J connectivity index is 3.19. The number of aromatic hydroxyl groups is 1. The maximum atomic E-state index is 11.0. The molecule has 0 aliphatic rings. The summed E-state index contributed by atoms with van der Waals surface area (Å²) in [7, 11) is 0. The summed E-state index contributed by atoms with van der Waals surface area (Å²) in [5, 5.41) is 9.44. The Hall–Kier alpha value is -0.770.